The number of carboxylic acids is 1. The number of nitrogens with zero attached hydrogens (tertiary/aromatic N) is 1. The van der Waals surface area contributed by atoms with Gasteiger partial charge >= 0.3 is 5.97 Å². The van der Waals surface area contributed by atoms with Gasteiger partial charge in [-0.3, -0.25) is 4.79 Å². The van der Waals surface area contributed by atoms with Gasteiger partial charge in [0.15, 0.2) is 0 Å². The first-order chi connectivity index (χ1) is 7.97. The maximum Gasteiger partial charge on any atom is 0.322 e. The summed E-state index contributed by atoms with van der Waals surface area (Å²) >= 11 is 0. The second kappa shape index (κ2) is 6.10. The van der Waals surface area contributed by atoms with Gasteiger partial charge < -0.3 is 9.84 Å². The molecule has 1 unspecified atom stereocenters. The number of aliphatic carboxylic acids is 1. The number of rotatable bonds is 6. The van der Waals surface area contributed by atoms with Crippen LogP contribution in [-0.2, 0) is 19.7 Å². The highest BCUT2D eigenvalue weighted by Gasteiger charge is 2.29. The van der Waals surface area contributed by atoms with Crippen molar-refractivity contribution in [2.24, 2.45) is 0 Å². The number of morpholine rings is 1. The average Bonchev–Trinajstić information content (AvgIpc) is 2.29. The Kier molecular flexibility index (Phi) is 5.06. The second-order valence-corrected chi connectivity index (χ2v) is 5.25. The maximum atomic E-state index is 11.8. The Bertz CT molecular complexity index is 375. The van der Waals surface area contributed by atoms with Crippen LogP contribution in [0, 0.1) is 0 Å². The lowest BCUT2D eigenvalue weighted by atomic mass is 10.2. The lowest BCUT2D eigenvalue weighted by molar-refractivity contribution is -0.138. The van der Waals surface area contributed by atoms with E-state index in [0.717, 1.165) is 0 Å². The van der Waals surface area contributed by atoms with E-state index in [9.17, 15) is 13.2 Å². The van der Waals surface area contributed by atoms with Crippen LogP contribution in [0.5, 0.6) is 0 Å². The van der Waals surface area contributed by atoms with Gasteiger partial charge in [0.25, 0.3) is 10.2 Å². The Morgan fingerprint density at radius 3 is 2.59 bits per heavy atom. The molecule has 1 rings (SSSR count). The van der Waals surface area contributed by atoms with Crippen molar-refractivity contribution in [3.05, 3.63) is 12.7 Å². The van der Waals surface area contributed by atoms with E-state index >= 15 is 0 Å². The predicted octanol–water partition coefficient (Wildman–Crippen LogP) is -0.818. The first kappa shape index (κ1) is 14.1. The molecule has 0 spiro atoms. The van der Waals surface area contributed by atoms with Crippen LogP contribution in [0.3, 0.4) is 0 Å². The largest absolute Gasteiger partial charge is 0.480 e. The zero-order chi connectivity index (χ0) is 12.9. The lowest BCUT2D eigenvalue weighted by Crippen LogP contribution is -2.51. The van der Waals surface area contributed by atoms with E-state index in [1.165, 1.54) is 10.4 Å². The van der Waals surface area contributed by atoms with Crippen molar-refractivity contribution < 1.29 is 23.1 Å². The zero-order valence-electron chi connectivity index (χ0n) is 9.33. The van der Waals surface area contributed by atoms with Gasteiger partial charge in [-0.15, -0.1) is 6.58 Å². The van der Waals surface area contributed by atoms with Crippen LogP contribution in [0.15, 0.2) is 12.7 Å². The van der Waals surface area contributed by atoms with Gasteiger partial charge in [0.1, 0.15) is 6.04 Å². The smallest absolute Gasteiger partial charge is 0.322 e. The molecule has 1 aliphatic heterocycles. The van der Waals surface area contributed by atoms with Crippen molar-refractivity contribution in [3.63, 3.8) is 0 Å². The van der Waals surface area contributed by atoms with Crippen LogP contribution in [-0.4, -0.2) is 56.1 Å². The molecular formula is C9H16N2O5S. The Hall–Kier alpha value is -0.960. The Morgan fingerprint density at radius 2 is 2.12 bits per heavy atom. The molecule has 2 N–H and O–H groups in total. The summed E-state index contributed by atoms with van der Waals surface area (Å²) in [5.41, 5.74) is 0. The highest BCUT2D eigenvalue weighted by atomic mass is 32.2. The molecule has 0 bridgehead atoms. The number of hydrogen-bond acceptors (Lipinski definition) is 4. The normalized spacial score (nSPS) is 19.8. The maximum absolute atomic E-state index is 11.8. The van der Waals surface area contributed by atoms with E-state index in [1.807, 2.05) is 0 Å². The van der Waals surface area contributed by atoms with Crippen molar-refractivity contribution in [2.45, 2.75) is 12.5 Å². The molecule has 1 aliphatic rings. The fourth-order valence-corrected chi connectivity index (χ4v) is 2.74. The SMILES string of the molecule is C=CCC(NS(=O)(=O)N1CCOCC1)C(=O)O. The van der Waals surface area contributed by atoms with Crippen molar-refractivity contribution in [3.8, 4) is 0 Å². The van der Waals surface area contributed by atoms with E-state index in [0.29, 0.717) is 13.2 Å². The van der Waals surface area contributed by atoms with Crippen molar-refractivity contribution in [1.82, 2.24) is 9.03 Å². The standard InChI is InChI=1S/C9H16N2O5S/c1-2-3-8(9(12)13)10-17(14,15)11-4-6-16-7-5-11/h2,8,10H,1,3-7H2,(H,12,13). The summed E-state index contributed by atoms with van der Waals surface area (Å²) in [6.07, 6.45) is 1.40. The quantitative estimate of drug-likeness (QED) is 0.611. The Balaban J connectivity index is 2.68. The van der Waals surface area contributed by atoms with E-state index in [2.05, 4.69) is 11.3 Å². The molecule has 1 atom stereocenters. The summed E-state index contributed by atoms with van der Waals surface area (Å²) in [6.45, 7) is 4.50. The molecule has 8 heteroatoms. The van der Waals surface area contributed by atoms with Crippen molar-refractivity contribution in [2.75, 3.05) is 26.3 Å². The molecule has 1 fully saturated rings. The summed E-state index contributed by atoms with van der Waals surface area (Å²) < 4.78 is 32.0. The molecular weight excluding hydrogens is 248 g/mol. The summed E-state index contributed by atoms with van der Waals surface area (Å²) in [6, 6.07) is -1.18. The van der Waals surface area contributed by atoms with E-state index < -0.39 is 22.2 Å². The molecule has 1 saturated heterocycles. The molecule has 0 aromatic heterocycles. The first-order valence-corrected chi connectivity index (χ1v) is 6.60. The van der Waals surface area contributed by atoms with Gasteiger partial charge in [-0.2, -0.15) is 17.4 Å². The minimum absolute atomic E-state index is 0.0406. The molecule has 0 amide bonds. The summed E-state index contributed by atoms with van der Waals surface area (Å²) in [5.74, 6) is -1.22. The van der Waals surface area contributed by atoms with Crippen LogP contribution < -0.4 is 4.72 Å². The minimum Gasteiger partial charge on any atom is -0.480 e. The number of carbonyl (C=O) groups is 1. The third-order valence-corrected chi connectivity index (χ3v) is 3.93. The van der Waals surface area contributed by atoms with Crippen LogP contribution >= 0.6 is 0 Å². The molecule has 7 nitrogen and oxygen atoms in total. The van der Waals surface area contributed by atoms with E-state index in [4.69, 9.17) is 9.84 Å². The fourth-order valence-electron chi connectivity index (χ4n) is 1.41. The number of carboxylic acid groups (broad SMARTS) is 1. The van der Waals surface area contributed by atoms with Gasteiger partial charge in [0.2, 0.25) is 0 Å². The summed E-state index contributed by atoms with van der Waals surface area (Å²) in [7, 11) is -3.78. The van der Waals surface area contributed by atoms with Crippen molar-refractivity contribution >= 4 is 16.2 Å². The fraction of sp³-hybridized carbons (Fsp3) is 0.667. The highest BCUT2D eigenvalue weighted by Crippen LogP contribution is 2.05. The monoisotopic (exact) mass is 264 g/mol. The van der Waals surface area contributed by atoms with Gasteiger partial charge in [0.05, 0.1) is 13.2 Å². The topological polar surface area (TPSA) is 95.9 Å². The first-order valence-electron chi connectivity index (χ1n) is 5.16. The van der Waals surface area contributed by atoms with Crippen LogP contribution in [0.1, 0.15) is 6.42 Å². The van der Waals surface area contributed by atoms with Crippen molar-refractivity contribution in [1.29, 1.82) is 0 Å². The lowest BCUT2D eigenvalue weighted by Gasteiger charge is -2.27. The van der Waals surface area contributed by atoms with Gasteiger partial charge in [-0.1, -0.05) is 6.08 Å². The average molecular weight is 264 g/mol. The van der Waals surface area contributed by atoms with Gasteiger partial charge in [-0.25, -0.2) is 0 Å². The van der Waals surface area contributed by atoms with E-state index in [-0.39, 0.29) is 19.5 Å². The summed E-state index contributed by atoms with van der Waals surface area (Å²) in [4.78, 5) is 10.8. The zero-order valence-corrected chi connectivity index (χ0v) is 10.1. The molecule has 0 aromatic carbocycles. The molecule has 17 heavy (non-hydrogen) atoms. The predicted molar refractivity (Wildman–Crippen MR) is 60.7 cm³/mol. The number of nitrogens with one attached hydrogen (secondary N) is 1. The number of hydrogen-bond donors (Lipinski definition) is 2. The molecule has 98 valence electrons. The molecule has 0 radical (unpaired) electrons. The molecule has 0 saturated carbocycles. The van der Waals surface area contributed by atoms with Gasteiger partial charge in [0, 0.05) is 13.1 Å². The second-order valence-electron chi connectivity index (χ2n) is 3.55. The van der Waals surface area contributed by atoms with Crippen LogP contribution in [0.4, 0.5) is 0 Å². The Labute approximate surface area is 100 Å². The molecule has 0 aromatic rings. The number of ether oxygens (including phenoxy) is 1. The van der Waals surface area contributed by atoms with Gasteiger partial charge in [-0.05, 0) is 6.42 Å². The summed E-state index contributed by atoms with van der Waals surface area (Å²) in [5, 5.41) is 8.85. The Morgan fingerprint density at radius 1 is 1.53 bits per heavy atom. The molecule has 0 aliphatic carbocycles. The third-order valence-electron chi connectivity index (χ3n) is 2.30. The third kappa shape index (κ3) is 4.08. The van der Waals surface area contributed by atoms with Crippen LogP contribution in [0.25, 0.3) is 0 Å². The van der Waals surface area contributed by atoms with Crippen LogP contribution in [0.2, 0.25) is 0 Å². The molecule has 1 heterocycles. The minimum atomic E-state index is -3.78. The highest BCUT2D eigenvalue weighted by molar-refractivity contribution is 7.87. The van der Waals surface area contributed by atoms with E-state index in [1.54, 1.807) is 0 Å².